The van der Waals surface area contributed by atoms with Gasteiger partial charge in [-0.05, 0) is 18.2 Å². The number of carbonyl (C=O) groups excluding carboxylic acids is 1. The minimum Gasteiger partial charge on any atom is -0.493 e. The number of nitrogens with zero attached hydrogens (tertiary/aromatic N) is 2. The molecule has 1 heterocycles. The van der Waals surface area contributed by atoms with Crippen LogP contribution in [-0.2, 0) is 11.3 Å². The Morgan fingerprint density at radius 2 is 1.89 bits per heavy atom. The Kier molecular flexibility index (Phi) is 5.53. The van der Waals surface area contributed by atoms with Crippen LogP contribution in [0.4, 0.5) is 5.69 Å². The SMILES string of the molecule is COc1cc2ncn(CC(=O)Nc3cccc(Cl)c3Cl)c(=O)c2cc1OC. The second-order valence-corrected chi connectivity index (χ2v) is 6.34. The highest BCUT2D eigenvalue weighted by molar-refractivity contribution is 6.43. The van der Waals surface area contributed by atoms with Crippen molar-refractivity contribution in [2.45, 2.75) is 6.54 Å². The number of carbonyl (C=O) groups is 1. The molecule has 1 amide bonds. The number of amides is 1. The molecular weight excluding hydrogens is 393 g/mol. The van der Waals surface area contributed by atoms with E-state index in [0.29, 0.717) is 33.1 Å². The lowest BCUT2D eigenvalue weighted by atomic mass is 10.2. The summed E-state index contributed by atoms with van der Waals surface area (Å²) in [5.74, 6) is 0.419. The summed E-state index contributed by atoms with van der Waals surface area (Å²) in [6, 6.07) is 8.02. The van der Waals surface area contributed by atoms with Gasteiger partial charge < -0.3 is 14.8 Å². The Balaban J connectivity index is 1.90. The first-order chi connectivity index (χ1) is 12.9. The van der Waals surface area contributed by atoms with Crippen LogP contribution in [0.3, 0.4) is 0 Å². The zero-order valence-corrected chi connectivity index (χ0v) is 16.0. The van der Waals surface area contributed by atoms with Crippen LogP contribution in [0.15, 0.2) is 41.5 Å². The Morgan fingerprint density at radius 1 is 1.19 bits per heavy atom. The summed E-state index contributed by atoms with van der Waals surface area (Å²) in [7, 11) is 2.97. The zero-order valence-electron chi connectivity index (χ0n) is 14.5. The number of nitrogens with one attached hydrogen (secondary N) is 1. The molecule has 0 unspecified atom stereocenters. The van der Waals surface area contributed by atoms with E-state index >= 15 is 0 Å². The summed E-state index contributed by atoms with van der Waals surface area (Å²) >= 11 is 12.0. The molecule has 0 spiro atoms. The predicted octanol–water partition coefficient (Wildman–Crippen LogP) is 3.36. The van der Waals surface area contributed by atoms with Crippen molar-refractivity contribution in [1.29, 1.82) is 0 Å². The van der Waals surface area contributed by atoms with E-state index < -0.39 is 5.91 Å². The molecule has 0 fully saturated rings. The lowest BCUT2D eigenvalue weighted by Crippen LogP contribution is -2.28. The minimum absolute atomic E-state index is 0.230. The molecule has 1 aromatic heterocycles. The van der Waals surface area contributed by atoms with Gasteiger partial charge in [0.25, 0.3) is 5.56 Å². The molecular formula is C18H15Cl2N3O4. The number of hydrogen-bond acceptors (Lipinski definition) is 5. The fourth-order valence-corrected chi connectivity index (χ4v) is 2.89. The van der Waals surface area contributed by atoms with Crippen LogP contribution in [0.25, 0.3) is 10.9 Å². The molecule has 0 aliphatic rings. The van der Waals surface area contributed by atoms with Gasteiger partial charge in [0.2, 0.25) is 5.91 Å². The normalized spacial score (nSPS) is 10.7. The quantitative estimate of drug-likeness (QED) is 0.700. The third-order valence-corrected chi connectivity index (χ3v) is 4.69. The van der Waals surface area contributed by atoms with E-state index in [9.17, 15) is 9.59 Å². The molecule has 0 aliphatic carbocycles. The number of aromatic nitrogens is 2. The van der Waals surface area contributed by atoms with E-state index in [1.54, 1.807) is 24.3 Å². The molecule has 27 heavy (non-hydrogen) atoms. The van der Waals surface area contributed by atoms with E-state index in [4.69, 9.17) is 32.7 Å². The zero-order chi connectivity index (χ0) is 19.6. The van der Waals surface area contributed by atoms with E-state index in [-0.39, 0.29) is 17.1 Å². The van der Waals surface area contributed by atoms with Gasteiger partial charge in [-0.25, -0.2) is 4.98 Å². The highest BCUT2D eigenvalue weighted by Gasteiger charge is 2.14. The fraction of sp³-hybridized carbons (Fsp3) is 0.167. The van der Waals surface area contributed by atoms with Crippen molar-refractivity contribution in [1.82, 2.24) is 9.55 Å². The van der Waals surface area contributed by atoms with Crippen molar-refractivity contribution in [3.05, 3.63) is 57.1 Å². The van der Waals surface area contributed by atoms with Gasteiger partial charge in [0, 0.05) is 6.07 Å². The van der Waals surface area contributed by atoms with Crippen LogP contribution in [0.5, 0.6) is 11.5 Å². The number of rotatable bonds is 5. The molecule has 0 saturated carbocycles. The first-order valence-corrected chi connectivity index (χ1v) is 8.55. The molecule has 3 aromatic rings. The molecule has 0 bridgehead atoms. The molecule has 0 radical (unpaired) electrons. The van der Waals surface area contributed by atoms with Crippen molar-refractivity contribution in [3.8, 4) is 11.5 Å². The summed E-state index contributed by atoms with van der Waals surface area (Å²) in [5.41, 5.74) is 0.419. The summed E-state index contributed by atoms with van der Waals surface area (Å²) in [5, 5.41) is 3.49. The van der Waals surface area contributed by atoms with Gasteiger partial charge in [-0.3, -0.25) is 14.2 Å². The number of fused-ring (bicyclic) bond motifs is 1. The first-order valence-electron chi connectivity index (χ1n) is 7.79. The van der Waals surface area contributed by atoms with Crippen molar-refractivity contribution < 1.29 is 14.3 Å². The van der Waals surface area contributed by atoms with Crippen molar-refractivity contribution in [2.75, 3.05) is 19.5 Å². The maximum absolute atomic E-state index is 12.7. The fourth-order valence-electron chi connectivity index (χ4n) is 2.54. The number of anilines is 1. The van der Waals surface area contributed by atoms with Crippen LogP contribution in [0.2, 0.25) is 10.0 Å². The number of ether oxygens (including phenoxy) is 2. The van der Waals surface area contributed by atoms with Gasteiger partial charge in [-0.1, -0.05) is 29.3 Å². The highest BCUT2D eigenvalue weighted by atomic mass is 35.5. The molecule has 140 valence electrons. The molecule has 7 nitrogen and oxygen atoms in total. The van der Waals surface area contributed by atoms with Crippen LogP contribution < -0.4 is 20.3 Å². The van der Waals surface area contributed by atoms with E-state index in [2.05, 4.69) is 10.3 Å². The number of methoxy groups -OCH3 is 2. The standard InChI is InChI=1S/C18H15Cl2N3O4/c1-26-14-6-10-13(7-15(14)27-2)21-9-23(18(10)25)8-16(24)22-12-5-3-4-11(19)17(12)20/h3-7,9H,8H2,1-2H3,(H,22,24). The highest BCUT2D eigenvalue weighted by Crippen LogP contribution is 2.30. The Bertz CT molecular complexity index is 1080. The second-order valence-electron chi connectivity index (χ2n) is 5.55. The third kappa shape index (κ3) is 3.84. The maximum Gasteiger partial charge on any atom is 0.261 e. The van der Waals surface area contributed by atoms with Crippen LogP contribution in [0.1, 0.15) is 0 Å². The van der Waals surface area contributed by atoms with Gasteiger partial charge in [0.05, 0.1) is 47.2 Å². The van der Waals surface area contributed by atoms with Crippen molar-refractivity contribution in [2.24, 2.45) is 0 Å². The molecule has 3 rings (SSSR count). The van der Waals surface area contributed by atoms with Gasteiger partial charge in [-0.2, -0.15) is 0 Å². The van der Waals surface area contributed by atoms with E-state index in [0.717, 1.165) is 0 Å². The lowest BCUT2D eigenvalue weighted by molar-refractivity contribution is -0.116. The van der Waals surface area contributed by atoms with Crippen molar-refractivity contribution in [3.63, 3.8) is 0 Å². The summed E-state index contributed by atoms with van der Waals surface area (Å²) in [6.07, 6.45) is 1.30. The molecule has 0 atom stereocenters. The lowest BCUT2D eigenvalue weighted by Gasteiger charge is -2.11. The van der Waals surface area contributed by atoms with Crippen molar-refractivity contribution >= 4 is 45.7 Å². The Labute approximate surface area is 164 Å². The molecule has 2 aromatic carbocycles. The molecule has 0 saturated heterocycles. The molecule has 9 heteroatoms. The van der Waals surface area contributed by atoms with E-state index in [1.165, 1.54) is 31.2 Å². The van der Waals surface area contributed by atoms with Gasteiger partial charge in [-0.15, -0.1) is 0 Å². The number of hydrogen-bond donors (Lipinski definition) is 1. The number of halogens is 2. The number of benzene rings is 2. The topological polar surface area (TPSA) is 82.5 Å². The van der Waals surface area contributed by atoms with Gasteiger partial charge in [0.1, 0.15) is 6.54 Å². The van der Waals surface area contributed by atoms with Gasteiger partial charge >= 0.3 is 0 Å². The summed E-state index contributed by atoms with van der Waals surface area (Å²) in [6.45, 7) is -0.237. The molecule has 0 aliphatic heterocycles. The average molecular weight is 408 g/mol. The second kappa shape index (κ2) is 7.85. The minimum atomic E-state index is -0.442. The van der Waals surface area contributed by atoms with Crippen LogP contribution in [-0.4, -0.2) is 29.7 Å². The smallest absolute Gasteiger partial charge is 0.261 e. The first kappa shape index (κ1) is 19.0. The van der Waals surface area contributed by atoms with Gasteiger partial charge in [0.15, 0.2) is 11.5 Å². The van der Waals surface area contributed by atoms with Crippen LogP contribution >= 0.6 is 23.2 Å². The Morgan fingerprint density at radius 3 is 2.59 bits per heavy atom. The summed E-state index contributed by atoms with van der Waals surface area (Å²) in [4.78, 5) is 29.2. The van der Waals surface area contributed by atoms with E-state index in [1.807, 2.05) is 0 Å². The monoisotopic (exact) mass is 407 g/mol. The summed E-state index contributed by atoms with van der Waals surface area (Å²) < 4.78 is 11.6. The van der Waals surface area contributed by atoms with Crippen LogP contribution in [0, 0.1) is 0 Å². The molecule has 1 N–H and O–H groups in total. The average Bonchev–Trinajstić information content (AvgIpc) is 2.66. The maximum atomic E-state index is 12.7. The predicted molar refractivity (Wildman–Crippen MR) is 104 cm³/mol. The largest absolute Gasteiger partial charge is 0.493 e. The Hall–Kier alpha value is -2.77. The third-order valence-electron chi connectivity index (χ3n) is 3.87.